The van der Waals surface area contributed by atoms with Gasteiger partial charge in [0, 0.05) is 6.42 Å². The lowest BCUT2D eigenvalue weighted by Gasteiger charge is -2.18. The van der Waals surface area contributed by atoms with Crippen molar-refractivity contribution < 1.29 is 19.1 Å². The van der Waals surface area contributed by atoms with Gasteiger partial charge in [0.15, 0.2) is 5.41 Å². The van der Waals surface area contributed by atoms with Crippen LogP contribution in [0.3, 0.4) is 0 Å². The number of benzene rings is 1. The molecule has 0 N–H and O–H groups in total. The summed E-state index contributed by atoms with van der Waals surface area (Å²) < 4.78 is 4.47. The van der Waals surface area contributed by atoms with Crippen LogP contribution in [0.2, 0.25) is 0 Å². The van der Waals surface area contributed by atoms with E-state index >= 15 is 0 Å². The van der Waals surface area contributed by atoms with Gasteiger partial charge in [-0.15, -0.1) is 0 Å². The average molecular weight is 220 g/mol. The van der Waals surface area contributed by atoms with Gasteiger partial charge in [0.05, 0.1) is 7.11 Å². The van der Waals surface area contributed by atoms with Crippen molar-refractivity contribution in [2.24, 2.45) is 5.41 Å². The second-order valence-electron chi connectivity index (χ2n) is 3.43. The van der Waals surface area contributed by atoms with Crippen molar-refractivity contribution in [3.8, 4) is 0 Å². The van der Waals surface area contributed by atoms with Crippen LogP contribution in [0.25, 0.3) is 0 Å². The van der Waals surface area contributed by atoms with Gasteiger partial charge in [-0.1, -0.05) is 30.3 Å². The molecular formula is C12H12O4. The summed E-state index contributed by atoms with van der Waals surface area (Å²) in [7, 11) is 1.15. The Kier molecular flexibility index (Phi) is 3.94. The predicted molar refractivity (Wildman–Crippen MR) is 56.7 cm³/mol. The molecule has 1 aromatic rings. The minimum absolute atomic E-state index is 0.0213. The third-order valence-corrected chi connectivity index (χ3v) is 2.33. The lowest BCUT2D eigenvalue weighted by Crippen LogP contribution is -2.37. The van der Waals surface area contributed by atoms with Crippen molar-refractivity contribution in [2.75, 3.05) is 7.11 Å². The molecule has 0 unspecified atom stereocenters. The van der Waals surface area contributed by atoms with Gasteiger partial charge in [-0.25, -0.2) is 0 Å². The van der Waals surface area contributed by atoms with E-state index < -0.39 is 11.4 Å². The van der Waals surface area contributed by atoms with Crippen molar-refractivity contribution in [3.05, 3.63) is 35.9 Å². The first-order chi connectivity index (χ1) is 7.68. The molecule has 0 bridgehead atoms. The van der Waals surface area contributed by atoms with Crippen LogP contribution in [0.1, 0.15) is 5.56 Å². The normalized spacial score (nSPS) is 10.6. The van der Waals surface area contributed by atoms with E-state index in [9.17, 15) is 14.4 Å². The first kappa shape index (κ1) is 12.1. The zero-order valence-corrected chi connectivity index (χ0v) is 8.88. The maximum atomic E-state index is 11.4. The lowest BCUT2D eigenvalue weighted by atomic mass is 9.84. The highest BCUT2D eigenvalue weighted by molar-refractivity contribution is 6.08. The molecule has 0 radical (unpaired) electrons. The van der Waals surface area contributed by atoms with Gasteiger partial charge < -0.3 is 14.3 Å². The number of ether oxygens (including phenoxy) is 1. The number of esters is 1. The molecule has 0 spiro atoms. The van der Waals surface area contributed by atoms with Crippen LogP contribution in [0.4, 0.5) is 0 Å². The highest BCUT2D eigenvalue weighted by atomic mass is 16.5. The molecule has 0 aliphatic heterocycles. The molecule has 84 valence electrons. The summed E-state index contributed by atoms with van der Waals surface area (Å²) in [5.74, 6) is -0.832. The van der Waals surface area contributed by atoms with Crippen LogP contribution in [0.15, 0.2) is 30.3 Å². The first-order valence-electron chi connectivity index (χ1n) is 4.73. The highest BCUT2D eigenvalue weighted by Gasteiger charge is 2.39. The summed E-state index contributed by atoms with van der Waals surface area (Å²) in [6.45, 7) is 0. The fourth-order valence-electron chi connectivity index (χ4n) is 1.40. The molecule has 4 nitrogen and oxygen atoms in total. The van der Waals surface area contributed by atoms with Gasteiger partial charge in [0.1, 0.15) is 12.6 Å². The maximum absolute atomic E-state index is 11.4. The summed E-state index contributed by atoms with van der Waals surface area (Å²) >= 11 is 0. The van der Waals surface area contributed by atoms with E-state index in [1.165, 1.54) is 0 Å². The van der Waals surface area contributed by atoms with E-state index in [1.54, 1.807) is 24.3 Å². The number of hydrogen-bond donors (Lipinski definition) is 0. The quantitative estimate of drug-likeness (QED) is 0.418. The lowest BCUT2D eigenvalue weighted by molar-refractivity contribution is -0.156. The summed E-state index contributed by atoms with van der Waals surface area (Å²) in [6.07, 6.45) is 0.686. The molecule has 0 aliphatic rings. The summed E-state index contributed by atoms with van der Waals surface area (Å²) in [5, 5.41) is 0. The smallest absolute Gasteiger partial charge is 0.326 e. The molecule has 0 saturated carbocycles. The number of carbonyl (C=O) groups is 3. The Hall–Kier alpha value is -1.97. The number of carbonyl (C=O) groups excluding carboxylic acids is 3. The number of aldehydes is 2. The Morgan fingerprint density at radius 3 is 2.25 bits per heavy atom. The van der Waals surface area contributed by atoms with Crippen molar-refractivity contribution in [1.29, 1.82) is 0 Å². The largest absolute Gasteiger partial charge is 0.468 e. The summed E-state index contributed by atoms with van der Waals surface area (Å²) in [5.41, 5.74) is -0.997. The topological polar surface area (TPSA) is 60.4 Å². The Morgan fingerprint density at radius 2 is 1.81 bits per heavy atom. The number of hydrogen-bond acceptors (Lipinski definition) is 4. The van der Waals surface area contributed by atoms with Crippen LogP contribution in [-0.2, 0) is 25.5 Å². The van der Waals surface area contributed by atoms with E-state index in [4.69, 9.17) is 0 Å². The summed E-state index contributed by atoms with van der Waals surface area (Å²) in [6, 6.07) is 8.83. The highest BCUT2D eigenvalue weighted by Crippen LogP contribution is 2.20. The Morgan fingerprint density at radius 1 is 1.25 bits per heavy atom. The Labute approximate surface area is 93.2 Å². The molecule has 0 atom stereocenters. The Balaban J connectivity index is 3.00. The van der Waals surface area contributed by atoms with Crippen LogP contribution in [0.5, 0.6) is 0 Å². The van der Waals surface area contributed by atoms with E-state index in [-0.39, 0.29) is 6.42 Å². The molecular weight excluding hydrogens is 208 g/mol. The predicted octanol–water partition coefficient (Wildman–Crippen LogP) is 0.786. The van der Waals surface area contributed by atoms with E-state index in [0.717, 1.165) is 12.7 Å². The standard InChI is InChI=1S/C12H12O4/c1-16-11(15)12(8-13,9-14)7-10-5-3-2-4-6-10/h2-6,8-9H,7H2,1H3. The van der Waals surface area contributed by atoms with Crippen molar-refractivity contribution >= 4 is 18.5 Å². The number of rotatable bonds is 5. The molecule has 0 saturated heterocycles. The van der Waals surface area contributed by atoms with Gasteiger partial charge in [0.2, 0.25) is 0 Å². The van der Waals surface area contributed by atoms with Gasteiger partial charge in [0.25, 0.3) is 0 Å². The molecule has 1 aromatic carbocycles. The van der Waals surface area contributed by atoms with Crippen molar-refractivity contribution in [3.63, 3.8) is 0 Å². The van der Waals surface area contributed by atoms with E-state index in [2.05, 4.69) is 4.74 Å². The first-order valence-corrected chi connectivity index (χ1v) is 4.73. The molecule has 0 amide bonds. The van der Waals surface area contributed by atoms with Crippen LogP contribution in [0, 0.1) is 5.41 Å². The molecule has 0 aliphatic carbocycles. The molecule has 0 aromatic heterocycles. The van der Waals surface area contributed by atoms with Gasteiger partial charge >= 0.3 is 5.97 Å². The van der Waals surface area contributed by atoms with Crippen LogP contribution >= 0.6 is 0 Å². The van der Waals surface area contributed by atoms with Gasteiger partial charge in [-0.05, 0) is 5.56 Å². The maximum Gasteiger partial charge on any atom is 0.326 e. The average Bonchev–Trinajstić information content (AvgIpc) is 2.36. The zero-order chi connectivity index (χ0) is 12.0. The molecule has 1 rings (SSSR count). The Bertz CT molecular complexity index is 375. The SMILES string of the molecule is COC(=O)C(C=O)(C=O)Cc1ccccc1. The minimum Gasteiger partial charge on any atom is -0.468 e. The molecule has 0 heterocycles. The molecule has 4 heteroatoms. The fourth-order valence-corrected chi connectivity index (χ4v) is 1.40. The van der Waals surface area contributed by atoms with Crippen molar-refractivity contribution in [2.45, 2.75) is 6.42 Å². The fraction of sp³-hybridized carbons (Fsp3) is 0.250. The number of methoxy groups -OCH3 is 1. The minimum atomic E-state index is -1.73. The molecule has 0 fully saturated rings. The molecule has 16 heavy (non-hydrogen) atoms. The zero-order valence-electron chi connectivity index (χ0n) is 8.88. The van der Waals surface area contributed by atoms with E-state index in [0.29, 0.717) is 12.6 Å². The van der Waals surface area contributed by atoms with Gasteiger partial charge in [-0.2, -0.15) is 0 Å². The second-order valence-corrected chi connectivity index (χ2v) is 3.43. The van der Waals surface area contributed by atoms with Crippen molar-refractivity contribution in [1.82, 2.24) is 0 Å². The van der Waals surface area contributed by atoms with E-state index in [1.807, 2.05) is 6.07 Å². The summed E-state index contributed by atoms with van der Waals surface area (Å²) in [4.78, 5) is 33.3. The van der Waals surface area contributed by atoms with Gasteiger partial charge in [-0.3, -0.25) is 4.79 Å². The van der Waals surface area contributed by atoms with Crippen LogP contribution < -0.4 is 0 Å². The monoisotopic (exact) mass is 220 g/mol. The third-order valence-electron chi connectivity index (χ3n) is 2.33. The second kappa shape index (κ2) is 5.21. The third kappa shape index (κ3) is 2.34. The van der Waals surface area contributed by atoms with Crippen LogP contribution in [-0.4, -0.2) is 25.7 Å².